The van der Waals surface area contributed by atoms with E-state index in [0.29, 0.717) is 30.0 Å². The Morgan fingerprint density at radius 1 is 1.50 bits per heavy atom. The Hall–Kier alpha value is -1.40. The van der Waals surface area contributed by atoms with E-state index in [1.165, 1.54) is 11.2 Å². The van der Waals surface area contributed by atoms with E-state index in [1.807, 2.05) is 0 Å². The van der Waals surface area contributed by atoms with Crippen molar-refractivity contribution in [1.82, 2.24) is 19.9 Å². The molecule has 0 saturated carbocycles. The summed E-state index contributed by atoms with van der Waals surface area (Å²) in [5, 5.41) is 0.259. The molecule has 1 unspecified atom stereocenters. The number of rotatable bonds is 2. The first-order chi connectivity index (χ1) is 8.69. The van der Waals surface area contributed by atoms with Gasteiger partial charge in [0.1, 0.15) is 5.52 Å². The number of aromatic amines is 1. The van der Waals surface area contributed by atoms with Gasteiger partial charge in [0.15, 0.2) is 10.8 Å². The molecule has 1 aliphatic rings. The molecule has 8 heteroatoms. The van der Waals surface area contributed by atoms with Crippen molar-refractivity contribution in [2.45, 2.75) is 6.42 Å². The number of fused-ring (bicyclic) bond motifs is 1. The van der Waals surface area contributed by atoms with Crippen LogP contribution in [0.1, 0.15) is 6.42 Å². The van der Waals surface area contributed by atoms with Gasteiger partial charge in [0.2, 0.25) is 11.9 Å². The Bertz CT molecular complexity index is 613. The number of nitrogens with one attached hydrogen (secondary N) is 1. The largest absolute Gasteiger partial charge is 0.341 e. The van der Waals surface area contributed by atoms with Crippen LogP contribution in [0, 0.1) is 5.92 Å². The highest BCUT2D eigenvalue weighted by Crippen LogP contribution is 2.26. The summed E-state index contributed by atoms with van der Waals surface area (Å²) < 4.78 is 0. The van der Waals surface area contributed by atoms with Crippen LogP contribution in [0.4, 0.5) is 5.95 Å². The topological polar surface area (TPSA) is 74.8 Å². The molecule has 6 nitrogen and oxygen atoms in total. The van der Waals surface area contributed by atoms with Crippen molar-refractivity contribution < 1.29 is 4.79 Å². The molecular formula is C10H9Cl2N5O. The maximum Gasteiger partial charge on any atom is 0.235 e. The Balaban J connectivity index is 2.01. The monoisotopic (exact) mass is 285 g/mol. The summed E-state index contributed by atoms with van der Waals surface area (Å²) in [5.41, 5.74) is 1.02. The SMILES string of the molecule is O=C1CC(CCl)CN1c1nc(Cl)c2[nH]cnc2n1. The third-order valence-electron chi connectivity index (χ3n) is 2.89. The van der Waals surface area contributed by atoms with Gasteiger partial charge in [0.25, 0.3) is 0 Å². The number of imidazole rings is 1. The standard InChI is InChI=1S/C10H9Cl2N5O/c11-2-5-1-6(18)17(3-5)10-15-8(12)7-9(16-10)14-4-13-7/h4-5H,1-3H2,(H,13,14,15,16). The zero-order valence-electron chi connectivity index (χ0n) is 9.23. The average Bonchev–Trinajstić information content (AvgIpc) is 2.95. The molecule has 1 fully saturated rings. The number of hydrogen-bond donors (Lipinski definition) is 1. The van der Waals surface area contributed by atoms with Gasteiger partial charge in [0.05, 0.1) is 6.33 Å². The Morgan fingerprint density at radius 2 is 2.33 bits per heavy atom. The molecule has 0 aliphatic carbocycles. The molecular weight excluding hydrogens is 277 g/mol. The van der Waals surface area contributed by atoms with E-state index in [1.54, 1.807) is 0 Å². The first-order valence-electron chi connectivity index (χ1n) is 5.42. The van der Waals surface area contributed by atoms with E-state index in [2.05, 4.69) is 19.9 Å². The number of hydrogen-bond acceptors (Lipinski definition) is 4. The quantitative estimate of drug-likeness (QED) is 0.672. The molecule has 2 aromatic heterocycles. The highest BCUT2D eigenvalue weighted by molar-refractivity contribution is 6.33. The van der Waals surface area contributed by atoms with Gasteiger partial charge < -0.3 is 4.98 Å². The molecule has 0 radical (unpaired) electrons. The van der Waals surface area contributed by atoms with Crippen molar-refractivity contribution in [3.05, 3.63) is 11.5 Å². The second-order valence-electron chi connectivity index (χ2n) is 4.14. The van der Waals surface area contributed by atoms with Crippen LogP contribution < -0.4 is 4.90 Å². The van der Waals surface area contributed by atoms with Gasteiger partial charge in [-0.25, -0.2) is 4.98 Å². The van der Waals surface area contributed by atoms with E-state index >= 15 is 0 Å². The molecule has 3 heterocycles. The predicted molar refractivity (Wildman–Crippen MR) is 67.9 cm³/mol. The lowest BCUT2D eigenvalue weighted by Gasteiger charge is -2.13. The predicted octanol–water partition coefficient (Wildman–Crippen LogP) is 1.60. The van der Waals surface area contributed by atoms with Crippen LogP contribution in [0.25, 0.3) is 11.2 Å². The molecule has 3 rings (SSSR count). The Kier molecular flexibility index (Phi) is 2.83. The van der Waals surface area contributed by atoms with Crippen LogP contribution in [0.15, 0.2) is 6.33 Å². The van der Waals surface area contributed by atoms with Crippen LogP contribution in [0.5, 0.6) is 0 Å². The molecule has 18 heavy (non-hydrogen) atoms. The lowest BCUT2D eigenvalue weighted by atomic mass is 10.2. The van der Waals surface area contributed by atoms with Gasteiger partial charge in [-0.15, -0.1) is 11.6 Å². The molecule has 0 bridgehead atoms. The normalized spacial score (nSPS) is 20.0. The fraction of sp³-hybridized carbons (Fsp3) is 0.400. The zero-order valence-corrected chi connectivity index (χ0v) is 10.7. The minimum atomic E-state index is -0.0356. The maximum absolute atomic E-state index is 11.8. The molecule has 94 valence electrons. The second-order valence-corrected chi connectivity index (χ2v) is 4.81. The van der Waals surface area contributed by atoms with Crippen molar-refractivity contribution in [2.75, 3.05) is 17.3 Å². The van der Waals surface area contributed by atoms with Gasteiger partial charge in [0, 0.05) is 18.8 Å². The fourth-order valence-corrected chi connectivity index (χ4v) is 2.41. The summed E-state index contributed by atoms with van der Waals surface area (Å²) in [6.07, 6.45) is 1.91. The minimum absolute atomic E-state index is 0.0356. The van der Waals surface area contributed by atoms with Gasteiger partial charge in [-0.1, -0.05) is 11.6 Å². The summed E-state index contributed by atoms with van der Waals surface area (Å²) in [4.78, 5) is 28.6. The van der Waals surface area contributed by atoms with Gasteiger partial charge in [-0.05, 0) is 5.92 Å². The summed E-state index contributed by atoms with van der Waals surface area (Å²) in [6, 6.07) is 0. The summed E-state index contributed by atoms with van der Waals surface area (Å²) in [6.45, 7) is 0.522. The van der Waals surface area contributed by atoms with Crippen LogP contribution in [-0.2, 0) is 4.79 Å². The number of aromatic nitrogens is 4. The summed E-state index contributed by atoms with van der Waals surface area (Å²) in [5.74, 6) is 0.834. The van der Waals surface area contributed by atoms with E-state index < -0.39 is 0 Å². The highest BCUT2D eigenvalue weighted by atomic mass is 35.5. The van der Waals surface area contributed by atoms with Crippen molar-refractivity contribution in [2.24, 2.45) is 5.92 Å². The zero-order chi connectivity index (χ0) is 12.7. The maximum atomic E-state index is 11.8. The highest BCUT2D eigenvalue weighted by Gasteiger charge is 2.32. The summed E-state index contributed by atoms with van der Waals surface area (Å²) >= 11 is 11.8. The molecule has 1 saturated heterocycles. The number of anilines is 1. The second kappa shape index (κ2) is 4.37. The molecule has 2 aromatic rings. The number of carbonyl (C=O) groups excluding carboxylic acids is 1. The fourth-order valence-electron chi connectivity index (χ4n) is 1.99. The first kappa shape index (κ1) is 11.7. The third-order valence-corrected chi connectivity index (χ3v) is 3.60. The van der Waals surface area contributed by atoms with E-state index in [4.69, 9.17) is 23.2 Å². The number of amides is 1. The van der Waals surface area contributed by atoms with Crippen LogP contribution >= 0.6 is 23.2 Å². The number of alkyl halides is 1. The molecule has 1 amide bonds. The van der Waals surface area contributed by atoms with Crippen LogP contribution in [-0.4, -0.2) is 38.3 Å². The smallest absolute Gasteiger partial charge is 0.235 e. The lowest BCUT2D eigenvalue weighted by Crippen LogP contribution is -2.26. The van der Waals surface area contributed by atoms with E-state index in [9.17, 15) is 4.79 Å². The van der Waals surface area contributed by atoms with Crippen molar-refractivity contribution in [3.8, 4) is 0 Å². The van der Waals surface area contributed by atoms with E-state index in [-0.39, 0.29) is 22.9 Å². The number of carbonyl (C=O) groups is 1. The summed E-state index contributed by atoms with van der Waals surface area (Å²) in [7, 11) is 0. The van der Waals surface area contributed by atoms with Crippen LogP contribution in [0.3, 0.4) is 0 Å². The van der Waals surface area contributed by atoms with Crippen molar-refractivity contribution in [1.29, 1.82) is 0 Å². The minimum Gasteiger partial charge on any atom is -0.341 e. The van der Waals surface area contributed by atoms with Crippen LogP contribution in [0.2, 0.25) is 5.15 Å². The molecule has 1 aliphatic heterocycles. The van der Waals surface area contributed by atoms with Crippen molar-refractivity contribution >= 4 is 46.2 Å². The van der Waals surface area contributed by atoms with E-state index in [0.717, 1.165) is 0 Å². The lowest BCUT2D eigenvalue weighted by molar-refractivity contribution is -0.117. The molecule has 1 N–H and O–H groups in total. The van der Waals surface area contributed by atoms with Crippen molar-refractivity contribution in [3.63, 3.8) is 0 Å². The Labute approximate surface area is 112 Å². The molecule has 1 atom stereocenters. The average molecular weight is 286 g/mol. The number of H-pyrrole nitrogens is 1. The molecule has 0 aromatic carbocycles. The van der Waals surface area contributed by atoms with Gasteiger partial charge in [-0.2, -0.15) is 9.97 Å². The van der Waals surface area contributed by atoms with Gasteiger partial charge >= 0.3 is 0 Å². The number of halogens is 2. The number of nitrogens with zero attached hydrogens (tertiary/aromatic N) is 4. The third kappa shape index (κ3) is 1.81. The first-order valence-corrected chi connectivity index (χ1v) is 6.33. The van der Waals surface area contributed by atoms with Gasteiger partial charge in [-0.3, -0.25) is 9.69 Å². The Morgan fingerprint density at radius 3 is 3.06 bits per heavy atom. The molecule has 0 spiro atoms.